The number of imide groups is 1. The molecule has 0 aromatic heterocycles. The number of rotatable bonds is 10. The molecule has 1 heterocycles. The molecule has 0 bridgehead atoms. The normalized spacial score (nSPS) is 13.5. The second kappa shape index (κ2) is 10.8. The van der Waals surface area contributed by atoms with E-state index in [1.54, 1.807) is 55.5 Å². The summed E-state index contributed by atoms with van der Waals surface area (Å²) in [6.45, 7) is 2.26. The second-order valence-corrected chi connectivity index (χ2v) is 7.82. The first kappa shape index (κ1) is 24.0. The summed E-state index contributed by atoms with van der Waals surface area (Å²) >= 11 is 0. The summed E-state index contributed by atoms with van der Waals surface area (Å²) in [5, 5.41) is 2.63. The van der Waals surface area contributed by atoms with Gasteiger partial charge in [0, 0.05) is 26.6 Å². The summed E-state index contributed by atoms with van der Waals surface area (Å²) in [4.78, 5) is 53.5. The van der Waals surface area contributed by atoms with Crippen LogP contribution in [0.25, 0.3) is 0 Å². The standard InChI is InChI=1S/C25H29N3O5/c1-4-21(23(30)26-2)28(16-17-11-13-18(33-3)14-12-17)22(29)10-7-15-27-24(31)19-8-5-6-9-20(19)25(27)32/h5-6,8-9,11-14,21H,4,7,10,15-16H2,1-3H3,(H,26,30)/t21-/m1/s1. The number of fused-ring (bicyclic) bond motifs is 1. The third kappa shape index (κ3) is 5.22. The van der Waals surface area contributed by atoms with Crippen LogP contribution < -0.4 is 10.1 Å². The van der Waals surface area contributed by atoms with E-state index in [0.29, 0.717) is 29.7 Å². The fourth-order valence-corrected chi connectivity index (χ4v) is 3.99. The van der Waals surface area contributed by atoms with E-state index in [9.17, 15) is 19.2 Å². The smallest absolute Gasteiger partial charge is 0.261 e. The van der Waals surface area contributed by atoms with Crippen LogP contribution in [0.5, 0.6) is 5.75 Å². The van der Waals surface area contributed by atoms with Crippen molar-refractivity contribution in [3.8, 4) is 5.75 Å². The van der Waals surface area contributed by atoms with E-state index in [-0.39, 0.29) is 43.1 Å². The number of likely N-dealkylation sites (N-methyl/N-ethyl adjacent to an activating group) is 1. The van der Waals surface area contributed by atoms with Gasteiger partial charge in [0.15, 0.2) is 0 Å². The van der Waals surface area contributed by atoms with Crippen LogP contribution in [0.3, 0.4) is 0 Å². The van der Waals surface area contributed by atoms with Gasteiger partial charge >= 0.3 is 0 Å². The molecule has 0 saturated heterocycles. The molecule has 8 heteroatoms. The molecule has 1 atom stereocenters. The van der Waals surface area contributed by atoms with Crippen LogP contribution >= 0.6 is 0 Å². The Morgan fingerprint density at radius 2 is 1.64 bits per heavy atom. The second-order valence-electron chi connectivity index (χ2n) is 7.82. The van der Waals surface area contributed by atoms with Gasteiger partial charge in [0.25, 0.3) is 11.8 Å². The lowest BCUT2D eigenvalue weighted by molar-refractivity contribution is -0.141. The number of methoxy groups -OCH3 is 1. The van der Waals surface area contributed by atoms with Crippen molar-refractivity contribution in [3.05, 3.63) is 65.2 Å². The zero-order valence-electron chi connectivity index (χ0n) is 19.2. The van der Waals surface area contributed by atoms with Crippen LogP contribution in [0.2, 0.25) is 0 Å². The summed E-state index contributed by atoms with van der Waals surface area (Å²) in [6, 6.07) is 13.4. The number of benzene rings is 2. The first-order chi connectivity index (χ1) is 15.9. The number of carbonyl (C=O) groups excluding carboxylic acids is 4. The van der Waals surface area contributed by atoms with Crippen LogP contribution in [0.4, 0.5) is 0 Å². The maximum atomic E-state index is 13.2. The van der Waals surface area contributed by atoms with Gasteiger partial charge in [0.05, 0.1) is 18.2 Å². The average molecular weight is 452 g/mol. The maximum absolute atomic E-state index is 13.2. The molecule has 1 N–H and O–H groups in total. The van der Waals surface area contributed by atoms with E-state index < -0.39 is 6.04 Å². The highest BCUT2D eigenvalue weighted by Crippen LogP contribution is 2.23. The van der Waals surface area contributed by atoms with Gasteiger partial charge in [-0.1, -0.05) is 31.2 Å². The Morgan fingerprint density at radius 1 is 1.03 bits per heavy atom. The Bertz CT molecular complexity index is 1000. The van der Waals surface area contributed by atoms with Gasteiger partial charge in [-0.2, -0.15) is 0 Å². The zero-order valence-corrected chi connectivity index (χ0v) is 19.2. The fourth-order valence-electron chi connectivity index (χ4n) is 3.99. The molecule has 174 valence electrons. The molecule has 1 aliphatic heterocycles. The van der Waals surface area contributed by atoms with Crippen molar-refractivity contribution in [3.63, 3.8) is 0 Å². The number of nitrogens with one attached hydrogen (secondary N) is 1. The monoisotopic (exact) mass is 451 g/mol. The first-order valence-electron chi connectivity index (χ1n) is 11.0. The van der Waals surface area contributed by atoms with Crippen LogP contribution in [0.1, 0.15) is 52.5 Å². The van der Waals surface area contributed by atoms with Gasteiger partial charge < -0.3 is 15.0 Å². The highest BCUT2D eigenvalue weighted by molar-refractivity contribution is 6.21. The summed E-state index contributed by atoms with van der Waals surface area (Å²) in [7, 11) is 3.13. The van der Waals surface area contributed by atoms with E-state index in [0.717, 1.165) is 5.56 Å². The van der Waals surface area contributed by atoms with Crippen LogP contribution in [0.15, 0.2) is 48.5 Å². The Labute approximate surface area is 193 Å². The number of hydrogen-bond donors (Lipinski definition) is 1. The summed E-state index contributed by atoms with van der Waals surface area (Å²) in [5.41, 5.74) is 1.65. The SMILES string of the molecule is CC[C@H](C(=O)NC)N(Cc1ccc(OC)cc1)C(=O)CCCN1C(=O)c2ccccc2C1=O. The molecule has 4 amide bonds. The van der Waals surface area contributed by atoms with Gasteiger partial charge in [-0.05, 0) is 42.7 Å². The molecule has 8 nitrogen and oxygen atoms in total. The highest BCUT2D eigenvalue weighted by Gasteiger charge is 2.35. The molecule has 0 aliphatic carbocycles. The number of carbonyl (C=O) groups is 4. The van der Waals surface area contributed by atoms with Crippen molar-refractivity contribution in [2.45, 2.75) is 38.8 Å². The van der Waals surface area contributed by atoms with Gasteiger partial charge in [0.2, 0.25) is 11.8 Å². The molecule has 33 heavy (non-hydrogen) atoms. The first-order valence-corrected chi connectivity index (χ1v) is 11.0. The Kier molecular flexibility index (Phi) is 7.82. The van der Waals surface area contributed by atoms with Gasteiger partial charge in [0.1, 0.15) is 11.8 Å². The predicted molar refractivity (Wildman–Crippen MR) is 123 cm³/mol. The molecule has 2 aromatic carbocycles. The minimum Gasteiger partial charge on any atom is -0.497 e. The van der Waals surface area contributed by atoms with Gasteiger partial charge in [-0.25, -0.2) is 0 Å². The predicted octanol–water partition coefficient (Wildman–Crippen LogP) is 2.62. The molecule has 0 fully saturated rings. The van der Waals surface area contributed by atoms with Crippen LogP contribution in [-0.4, -0.2) is 60.2 Å². The third-order valence-corrected chi connectivity index (χ3v) is 5.79. The number of nitrogens with zero attached hydrogens (tertiary/aromatic N) is 2. The quantitative estimate of drug-likeness (QED) is 0.560. The number of ether oxygens (including phenoxy) is 1. The van der Waals surface area contributed by atoms with Crippen molar-refractivity contribution < 1.29 is 23.9 Å². The molecule has 3 rings (SSSR count). The van der Waals surface area contributed by atoms with Crippen LogP contribution in [0, 0.1) is 0 Å². The summed E-state index contributed by atoms with van der Waals surface area (Å²) < 4.78 is 5.18. The van der Waals surface area contributed by atoms with Crippen molar-refractivity contribution in [2.24, 2.45) is 0 Å². The van der Waals surface area contributed by atoms with E-state index >= 15 is 0 Å². The van der Waals surface area contributed by atoms with Crippen LogP contribution in [-0.2, 0) is 16.1 Å². The van der Waals surface area contributed by atoms with Gasteiger partial charge in [-0.3, -0.25) is 24.1 Å². The van der Waals surface area contributed by atoms with E-state index in [1.165, 1.54) is 4.90 Å². The van der Waals surface area contributed by atoms with E-state index in [2.05, 4.69) is 5.32 Å². The topological polar surface area (TPSA) is 96.0 Å². The lowest BCUT2D eigenvalue weighted by Crippen LogP contribution is -2.48. The molecular formula is C25H29N3O5. The molecule has 0 spiro atoms. The summed E-state index contributed by atoms with van der Waals surface area (Å²) in [6.07, 6.45) is 0.880. The Morgan fingerprint density at radius 3 is 2.15 bits per heavy atom. The maximum Gasteiger partial charge on any atom is 0.261 e. The van der Waals surface area contributed by atoms with Crippen molar-refractivity contribution in [2.75, 3.05) is 20.7 Å². The minimum absolute atomic E-state index is 0.108. The van der Waals surface area contributed by atoms with E-state index in [4.69, 9.17) is 4.74 Å². The Balaban J connectivity index is 1.68. The zero-order chi connectivity index (χ0) is 24.0. The van der Waals surface area contributed by atoms with Crippen molar-refractivity contribution >= 4 is 23.6 Å². The third-order valence-electron chi connectivity index (χ3n) is 5.79. The minimum atomic E-state index is -0.621. The molecular weight excluding hydrogens is 422 g/mol. The largest absolute Gasteiger partial charge is 0.497 e. The summed E-state index contributed by atoms with van der Waals surface area (Å²) in [5.74, 6) is -0.418. The molecule has 0 saturated carbocycles. The molecule has 0 unspecified atom stereocenters. The fraction of sp³-hybridized carbons (Fsp3) is 0.360. The number of hydrogen-bond acceptors (Lipinski definition) is 5. The lowest BCUT2D eigenvalue weighted by Gasteiger charge is -2.30. The number of amides is 4. The van der Waals surface area contributed by atoms with Crippen molar-refractivity contribution in [1.82, 2.24) is 15.1 Å². The Hall–Kier alpha value is -3.68. The molecule has 1 aliphatic rings. The van der Waals surface area contributed by atoms with Gasteiger partial charge in [-0.15, -0.1) is 0 Å². The highest BCUT2D eigenvalue weighted by atomic mass is 16.5. The van der Waals surface area contributed by atoms with E-state index in [1.807, 2.05) is 19.1 Å². The average Bonchev–Trinajstić information content (AvgIpc) is 3.09. The molecule has 0 radical (unpaired) electrons. The molecule has 2 aromatic rings. The van der Waals surface area contributed by atoms with Crippen molar-refractivity contribution in [1.29, 1.82) is 0 Å². The lowest BCUT2D eigenvalue weighted by atomic mass is 10.1.